The Balaban J connectivity index is 1.94. The van der Waals surface area contributed by atoms with Gasteiger partial charge in [-0.25, -0.2) is 4.99 Å². The molecule has 0 aromatic heterocycles. The molecule has 1 heterocycles. The number of aliphatic hydroxyl groups is 2. The van der Waals surface area contributed by atoms with Crippen molar-refractivity contribution in [2.75, 3.05) is 37.9 Å². The summed E-state index contributed by atoms with van der Waals surface area (Å²) in [5, 5.41) is 18.4. The number of para-hydroxylation sites is 1. The molecule has 0 radical (unpaired) electrons. The lowest BCUT2D eigenvalue weighted by Gasteiger charge is -2.26. The van der Waals surface area contributed by atoms with Gasteiger partial charge in [0.15, 0.2) is 0 Å². The largest absolute Gasteiger partial charge is 0.395 e. The average Bonchev–Trinajstić information content (AvgIpc) is 2.90. The second-order valence-corrected chi connectivity index (χ2v) is 7.14. The second kappa shape index (κ2) is 8.72. The van der Waals surface area contributed by atoms with Crippen LogP contribution in [-0.4, -0.2) is 59.7 Å². The van der Waals surface area contributed by atoms with Gasteiger partial charge in [0.05, 0.1) is 31.3 Å². The van der Waals surface area contributed by atoms with Crippen molar-refractivity contribution in [2.24, 2.45) is 4.99 Å². The first-order chi connectivity index (χ1) is 12.6. The standard InChI is InChI=1S/C19H20IN3O3/c20-14-5-7-15(8-6-14)21-18-16-3-1-2-4-17(16)23(19(18)26)13-22(9-11-24)10-12-25/h1-8,24-25H,9-13H2. The van der Waals surface area contributed by atoms with E-state index in [-0.39, 0.29) is 19.1 Å². The van der Waals surface area contributed by atoms with E-state index in [0.717, 1.165) is 20.5 Å². The molecule has 136 valence electrons. The second-order valence-electron chi connectivity index (χ2n) is 5.89. The number of nitrogens with zero attached hydrogens (tertiary/aromatic N) is 3. The molecule has 0 aliphatic carbocycles. The molecule has 0 atom stereocenters. The molecule has 0 saturated heterocycles. The third kappa shape index (κ3) is 4.12. The molecule has 26 heavy (non-hydrogen) atoms. The number of halogens is 1. The van der Waals surface area contributed by atoms with Crippen LogP contribution in [0.5, 0.6) is 0 Å². The van der Waals surface area contributed by atoms with E-state index in [0.29, 0.717) is 25.5 Å². The van der Waals surface area contributed by atoms with Crippen molar-refractivity contribution in [3.63, 3.8) is 0 Å². The zero-order chi connectivity index (χ0) is 18.5. The number of amides is 1. The van der Waals surface area contributed by atoms with Crippen LogP contribution >= 0.6 is 22.6 Å². The van der Waals surface area contributed by atoms with Gasteiger partial charge in [0.25, 0.3) is 5.91 Å². The van der Waals surface area contributed by atoms with Crippen molar-refractivity contribution in [2.45, 2.75) is 0 Å². The molecular formula is C19H20IN3O3. The SMILES string of the molecule is O=C1C(=Nc2ccc(I)cc2)c2ccccc2N1CN(CCO)CCO. The summed E-state index contributed by atoms with van der Waals surface area (Å²) in [5.74, 6) is -0.175. The summed E-state index contributed by atoms with van der Waals surface area (Å²) in [7, 11) is 0. The fraction of sp³-hybridized carbons (Fsp3) is 0.263. The maximum Gasteiger partial charge on any atom is 0.278 e. The van der Waals surface area contributed by atoms with Crippen LogP contribution in [-0.2, 0) is 4.79 Å². The van der Waals surface area contributed by atoms with E-state index in [1.807, 2.05) is 53.4 Å². The van der Waals surface area contributed by atoms with Crippen LogP contribution in [0.4, 0.5) is 11.4 Å². The lowest BCUT2D eigenvalue weighted by Crippen LogP contribution is -2.43. The Bertz CT molecular complexity index is 802. The van der Waals surface area contributed by atoms with Crippen molar-refractivity contribution in [1.82, 2.24) is 4.90 Å². The first-order valence-electron chi connectivity index (χ1n) is 8.33. The van der Waals surface area contributed by atoms with Crippen LogP contribution in [0.2, 0.25) is 0 Å². The summed E-state index contributed by atoms with van der Waals surface area (Å²) >= 11 is 2.23. The van der Waals surface area contributed by atoms with Crippen LogP contribution in [0.25, 0.3) is 0 Å². The maximum atomic E-state index is 13.0. The van der Waals surface area contributed by atoms with Crippen molar-refractivity contribution >= 4 is 45.6 Å². The molecule has 3 rings (SSSR count). The Morgan fingerprint density at radius 2 is 1.65 bits per heavy atom. The highest BCUT2D eigenvalue weighted by atomic mass is 127. The van der Waals surface area contributed by atoms with E-state index in [2.05, 4.69) is 27.6 Å². The van der Waals surface area contributed by atoms with Crippen molar-refractivity contribution in [3.8, 4) is 0 Å². The van der Waals surface area contributed by atoms with Crippen molar-refractivity contribution in [3.05, 3.63) is 57.7 Å². The molecule has 1 aliphatic heterocycles. The number of benzene rings is 2. The zero-order valence-corrected chi connectivity index (χ0v) is 16.3. The van der Waals surface area contributed by atoms with E-state index in [9.17, 15) is 15.0 Å². The quantitative estimate of drug-likeness (QED) is 0.614. The van der Waals surface area contributed by atoms with Crippen LogP contribution in [0.1, 0.15) is 5.56 Å². The number of aliphatic hydroxyl groups excluding tert-OH is 2. The van der Waals surface area contributed by atoms with Gasteiger partial charge in [0, 0.05) is 22.2 Å². The Kier molecular flexibility index (Phi) is 6.36. The highest BCUT2D eigenvalue weighted by Gasteiger charge is 2.34. The summed E-state index contributed by atoms with van der Waals surface area (Å²) in [4.78, 5) is 21.1. The minimum atomic E-state index is -0.175. The van der Waals surface area contributed by atoms with E-state index < -0.39 is 0 Å². The number of fused-ring (bicyclic) bond motifs is 1. The van der Waals surface area contributed by atoms with Gasteiger partial charge in [-0.15, -0.1) is 0 Å². The molecule has 0 spiro atoms. The molecule has 2 aromatic rings. The first-order valence-corrected chi connectivity index (χ1v) is 9.41. The summed E-state index contributed by atoms with van der Waals surface area (Å²) in [6.07, 6.45) is 0. The molecule has 1 amide bonds. The summed E-state index contributed by atoms with van der Waals surface area (Å²) in [6.45, 7) is 0.995. The van der Waals surface area contributed by atoms with Gasteiger partial charge in [0.1, 0.15) is 5.71 Å². The molecule has 0 fully saturated rings. The van der Waals surface area contributed by atoms with E-state index >= 15 is 0 Å². The van der Waals surface area contributed by atoms with Crippen molar-refractivity contribution in [1.29, 1.82) is 0 Å². The normalized spacial score (nSPS) is 15.2. The van der Waals surface area contributed by atoms with Crippen LogP contribution in [0, 0.1) is 3.57 Å². The maximum absolute atomic E-state index is 13.0. The van der Waals surface area contributed by atoms with Gasteiger partial charge < -0.3 is 10.2 Å². The average molecular weight is 465 g/mol. The van der Waals surface area contributed by atoms with Crippen LogP contribution in [0.3, 0.4) is 0 Å². The number of hydrogen-bond acceptors (Lipinski definition) is 5. The van der Waals surface area contributed by atoms with E-state index in [4.69, 9.17) is 0 Å². The number of carbonyl (C=O) groups is 1. The van der Waals surface area contributed by atoms with Crippen molar-refractivity contribution < 1.29 is 15.0 Å². The highest BCUT2D eigenvalue weighted by molar-refractivity contribution is 14.1. The van der Waals surface area contributed by atoms with Gasteiger partial charge >= 0.3 is 0 Å². The molecule has 0 saturated carbocycles. The minimum Gasteiger partial charge on any atom is -0.395 e. The fourth-order valence-electron chi connectivity index (χ4n) is 2.89. The first kappa shape index (κ1) is 19.0. The number of carbonyl (C=O) groups excluding carboxylic acids is 1. The highest BCUT2D eigenvalue weighted by Crippen LogP contribution is 2.31. The molecule has 2 N–H and O–H groups in total. The predicted molar refractivity (Wildman–Crippen MR) is 110 cm³/mol. The Morgan fingerprint density at radius 3 is 2.31 bits per heavy atom. The Hall–Kier alpha value is -1.81. The molecule has 0 bridgehead atoms. The monoisotopic (exact) mass is 465 g/mol. The number of aliphatic imine (C=N–C) groups is 1. The van der Waals surface area contributed by atoms with Crippen LogP contribution in [0.15, 0.2) is 53.5 Å². The number of hydrogen-bond donors (Lipinski definition) is 2. The van der Waals surface area contributed by atoms with E-state index in [1.54, 1.807) is 4.90 Å². The molecule has 7 heteroatoms. The zero-order valence-electron chi connectivity index (χ0n) is 14.2. The van der Waals surface area contributed by atoms with Gasteiger partial charge in [0.2, 0.25) is 0 Å². The Labute approximate surface area is 165 Å². The fourth-order valence-corrected chi connectivity index (χ4v) is 3.25. The summed E-state index contributed by atoms with van der Waals surface area (Å²) in [5.41, 5.74) is 2.73. The molecule has 6 nitrogen and oxygen atoms in total. The third-order valence-electron chi connectivity index (χ3n) is 4.14. The minimum absolute atomic E-state index is 0.0344. The van der Waals surface area contributed by atoms with Crippen LogP contribution < -0.4 is 4.90 Å². The summed E-state index contributed by atoms with van der Waals surface area (Å²) < 4.78 is 1.11. The van der Waals surface area contributed by atoms with Gasteiger partial charge in [-0.2, -0.15) is 0 Å². The number of rotatable bonds is 7. The molecule has 2 aromatic carbocycles. The van der Waals surface area contributed by atoms with Gasteiger partial charge in [-0.1, -0.05) is 18.2 Å². The van der Waals surface area contributed by atoms with E-state index in [1.165, 1.54) is 0 Å². The molecule has 1 aliphatic rings. The lowest BCUT2D eigenvalue weighted by atomic mass is 10.1. The molecular weight excluding hydrogens is 445 g/mol. The molecule has 0 unspecified atom stereocenters. The smallest absolute Gasteiger partial charge is 0.278 e. The number of anilines is 1. The topological polar surface area (TPSA) is 76.4 Å². The third-order valence-corrected chi connectivity index (χ3v) is 4.86. The Morgan fingerprint density at radius 1 is 1.00 bits per heavy atom. The van der Waals surface area contributed by atoms with Gasteiger partial charge in [-0.3, -0.25) is 14.6 Å². The summed E-state index contributed by atoms with van der Waals surface area (Å²) in [6, 6.07) is 15.2. The van der Waals surface area contributed by atoms with Gasteiger partial charge in [-0.05, 0) is 52.9 Å². The lowest BCUT2D eigenvalue weighted by molar-refractivity contribution is -0.112. The predicted octanol–water partition coefficient (Wildman–Crippen LogP) is 2.00.